The Morgan fingerprint density at radius 3 is 2.83 bits per heavy atom. The minimum atomic E-state index is 0.150. The number of hydrogen-bond donors (Lipinski definition) is 0. The Morgan fingerprint density at radius 2 is 2.00 bits per heavy atom. The van der Waals surface area contributed by atoms with Gasteiger partial charge in [-0.1, -0.05) is 36.4 Å². The molecule has 0 N–H and O–H groups in total. The third kappa shape index (κ3) is 2.23. The number of carbonyl (C=O) groups excluding carboxylic acids is 1. The Kier molecular flexibility index (Phi) is 3.45. The van der Waals surface area contributed by atoms with Gasteiger partial charge in [0.15, 0.2) is 5.78 Å². The zero-order valence-corrected chi connectivity index (χ0v) is 14.4. The number of hydrogen-bond acceptors (Lipinski definition) is 2. The van der Waals surface area contributed by atoms with E-state index in [0.717, 1.165) is 42.6 Å². The molecule has 2 nitrogen and oxygen atoms in total. The number of carbonyl (C=O) groups is 1. The monoisotopic (exact) mass is 321 g/mol. The molecule has 1 aromatic carbocycles. The highest BCUT2D eigenvalue weighted by Crippen LogP contribution is 2.49. The maximum absolute atomic E-state index is 12.4. The van der Waals surface area contributed by atoms with Crippen LogP contribution >= 0.6 is 0 Å². The third-order valence-corrected chi connectivity index (χ3v) is 7.36. The van der Waals surface area contributed by atoms with E-state index in [9.17, 15) is 4.79 Å². The first-order valence-corrected chi connectivity index (χ1v) is 9.77. The molecule has 3 atom stereocenters. The van der Waals surface area contributed by atoms with Crippen LogP contribution in [0.15, 0.2) is 36.4 Å². The normalized spacial score (nSPS) is 34.0. The average Bonchev–Trinajstić information content (AvgIpc) is 2.87. The minimum absolute atomic E-state index is 0.150. The van der Waals surface area contributed by atoms with Crippen molar-refractivity contribution >= 4 is 5.78 Å². The average molecular weight is 321 g/mol. The van der Waals surface area contributed by atoms with E-state index in [1.54, 1.807) is 0 Å². The Hall–Kier alpha value is -1.41. The molecule has 1 saturated carbocycles. The van der Waals surface area contributed by atoms with Gasteiger partial charge >= 0.3 is 0 Å². The summed E-state index contributed by atoms with van der Waals surface area (Å²) in [6.45, 7) is 3.61. The van der Waals surface area contributed by atoms with Gasteiger partial charge in [-0.2, -0.15) is 0 Å². The third-order valence-electron chi connectivity index (χ3n) is 7.36. The van der Waals surface area contributed by atoms with Crippen molar-refractivity contribution in [3.63, 3.8) is 0 Å². The molecule has 1 saturated heterocycles. The zero-order chi connectivity index (χ0) is 16.1. The van der Waals surface area contributed by atoms with Crippen LogP contribution in [0.2, 0.25) is 0 Å². The molecule has 0 bridgehead atoms. The van der Waals surface area contributed by atoms with Crippen LogP contribution in [0.1, 0.15) is 54.4 Å². The van der Waals surface area contributed by atoms with Gasteiger partial charge in [0.1, 0.15) is 0 Å². The van der Waals surface area contributed by atoms with Crippen LogP contribution in [0, 0.1) is 17.8 Å². The lowest BCUT2D eigenvalue weighted by molar-refractivity contribution is 0.0423. The van der Waals surface area contributed by atoms with Crippen LogP contribution in [0.3, 0.4) is 0 Å². The SMILES string of the molecule is O=C1CC2(CCN(C[C@@H]3CC4CCC=C[C@@H]43)CC2)c2ccccc21. The second-order valence-corrected chi connectivity index (χ2v) is 8.57. The number of rotatable bonds is 2. The first-order valence-electron chi connectivity index (χ1n) is 9.77. The Balaban J connectivity index is 1.25. The summed E-state index contributed by atoms with van der Waals surface area (Å²) in [6.07, 6.45) is 12.1. The number of nitrogens with zero attached hydrogens (tertiary/aromatic N) is 1. The number of fused-ring (bicyclic) bond motifs is 3. The molecule has 5 rings (SSSR count). The first kappa shape index (κ1) is 14.9. The van der Waals surface area contributed by atoms with Crippen molar-refractivity contribution in [2.75, 3.05) is 19.6 Å². The molecule has 1 aliphatic heterocycles. The molecule has 3 aliphatic carbocycles. The Morgan fingerprint density at radius 1 is 1.17 bits per heavy atom. The van der Waals surface area contributed by atoms with E-state index in [-0.39, 0.29) is 5.41 Å². The van der Waals surface area contributed by atoms with Gasteiger partial charge in [-0.25, -0.2) is 0 Å². The highest BCUT2D eigenvalue weighted by Gasteiger charge is 2.46. The number of piperidine rings is 1. The fraction of sp³-hybridized carbons (Fsp3) is 0.591. The molecule has 24 heavy (non-hydrogen) atoms. The van der Waals surface area contributed by atoms with Gasteiger partial charge < -0.3 is 4.90 Å². The maximum Gasteiger partial charge on any atom is 0.164 e. The largest absolute Gasteiger partial charge is 0.303 e. The summed E-state index contributed by atoms with van der Waals surface area (Å²) in [5, 5.41) is 0. The lowest BCUT2D eigenvalue weighted by Gasteiger charge is -2.49. The summed E-state index contributed by atoms with van der Waals surface area (Å²) < 4.78 is 0. The van der Waals surface area contributed by atoms with E-state index in [4.69, 9.17) is 0 Å². The van der Waals surface area contributed by atoms with Gasteiger partial charge in [-0.3, -0.25) is 4.79 Å². The molecule has 0 radical (unpaired) electrons. The molecule has 2 fully saturated rings. The van der Waals surface area contributed by atoms with Gasteiger partial charge in [-0.15, -0.1) is 0 Å². The molecule has 0 aromatic heterocycles. The minimum Gasteiger partial charge on any atom is -0.303 e. The number of benzene rings is 1. The van der Waals surface area contributed by atoms with E-state index in [0.29, 0.717) is 5.78 Å². The first-order chi connectivity index (χ1) is 11.8. The highest BCUT2D eigenvalue weighted by molar-refractivity contribution is 6.02. The lowest BCUT2D eigenvalue weighted by Crippen LogP contribution is -2.48. The smallest absolute Gasteiger partial charge is 0.164 e. The summed E-state index contributed by atoms with van der Waals surface area (Å²) in [6, 6.07) is 8.35. The molecule has 1 heterocycles. The van der Waals surface area contributed by atoms with E-state index < -0.39 is 0 Å². The lowest BCUT2D eigenvalue weighted by atomic mass is 9.61. The Bertz CT molecular complexity index is 683. The Labute approximate surface area is 144 Å². The van der Waals surface area contributed by atoms with E-state index in [1.807, 2.05) is 12.1 Å². The molecule has 1 unspecified atom stereocenters. The number of allylic oxidation sites excluding steroid dienone is 2. The van der Waals surface area contributed by atoms with E-state index >= 15 is 0 Å². The molecule has 1 spiro atoms. The van der Waals surface area contributed by atoms with Crippen LogP contribution < -0.4 is 0 Å². The molecular weight excluding hydrogens is 294 g/mol. The van der Waals surface area contributed by atoms with Crippen LogP contribution in [-0.2, 0) is 5.41 Å². The van der Waals surface area contributed by atoms with Crippen LogP contribution in [0.25, 0.3) is 0 Å². The van der Waals surface area contributed by atoms with Gasteiger partial charge in [0.2, 0.25) is 0 Å². The van der Waals surface area contributed by atoms with E-state index in [1.165, 1.54) is 44.5 Å². The molecular formula is C22H27NO. The maximum atomic E-state index is 12.4. The quantitative estimate of drug-likeness (QED) is 0.761. The van der Waals surface area contributed by atoms with Gasteiger partial charge in [0, 0.05) is 23.9 Å². The highest BCUT2D eigenvalue weighted by atomic mass is 16.1. The molecule has 126 valence electrons. The van der Waals surface area contributed by atoms with Crippen molar-refractivity contribution in [2.24, 2.45) is 17.8 Å². The standard InChI is InChI=1S/C22H27NO/c24-21-14-22(20-8-4-3-7-19(20)21)9-11-23(12-10-22)15-17-13-16-5-1-2-6-18(16)17/h2-4,6-8,16-18H,1,5,9-15H2/t16?,17-,18-/m0/s1. The predicted octanol–water partition coefficient (Wildman–Crippen LogP) is 4.21. The second kappa shape index (κ2) is 5.56. The summed E-state index contributed by atoms with van der Waals surface area (Å²) in [5.74, 6) is 3.10. The van der Waals surface area contributed by atoms with Crippen molar-refractivity contribution in [1.82, 2.24) is 4.90 Å². The number of likely N-dealkylation sites (tertiary alicyclic amines) is 1. The van der Waals surface area contributed by atoms with E-state index in [2.05, 4.69) is 29.2 Å². The molecule has 4 aliphatic rings. The molecule has 1 aromatic rings. The number of Topliss-reactive ketones (excluding diaryl/α,β-unsaturated/α-hetero) is 1. The van der Waals surface area contributed by atoms with Crippen molar-refractivity contribution in [3.8, 4) is 0 Å². The van der Waals surface area contributed by atoms with Crippen molar-refractivity contribution in [2.45, 2.75) is 43.9 Å². The fourth-order valence-corrected chi connectivity index (χ4v) is 5.90. The molecule has 0 amide bonds. The van der Waals surface area contributed by atoms with Crippen LogP contribution in [0.4, 0.5) is 0 Å². The molecule has 2 heteroatoms. The fourth-order valence-electron chi connectivity index (χ4n) is 5.90. The topological polar surface area (TPSA) is 20.3 Å². The van der Waals surface area contributed by atoms with Crippen LogP contribution in [0.5, 0.6) is 0 Å². The van der Waals surface area contributed by atoms with Gasteiger partial charge in [0.25, 0.3) is 0 Å². The van der Waals surface area contributed by atoms with Crippen molar-refractivity contribution in [3.05, 3.63) is 47.5 Å². The van der Waals surface area contributed by atoms with Gasteiger partial charge in [-0.05, 0) is 68.5 Å². The predicted molar refractivity (Wildman–Crippen MR) is 96.2 cm³/mol. The second-order valence-electron chi connectivity index (χ2n) is 8.57. The number of ketones is 1. The summed E-state index contributed by atoms with van der Waals surface area (Å²) in [5.41, 5.74) is 2.49. The summed E-state index contributed by atoms with van der Waals surface area (Å²) >= 11 is 0. The van der Waals surface area contributed by atoms with Crippen LogP contribution in [-0.4, -0.2) is 30.3 Å². The van der Waals surface area contributed by atoms with Crippen molar-refractivity contribution in [1.29, 1.82) is 0 Å². The summed E-state index contributed by atoms with van der Waals surface area (Å²) in [7, 11) is 0. The summed E-state index contributed by atoms with van der Waals surface area (Å²) in [4.78, 5) is 15.1. The van der Waals surface area contributed by atoms with Crippen molar-refractivity contribution < 1.29 is 4.79 Å². The zero-order valence-electron chi connectivity index (χ0n) is 14.4. The van der Waals surface area contributed by atoms with Gasteiger partial charge in [0.05, 0.1) is 0 Å².